The Labute approximate surface area is 133 Å². The zero-order chi connectivity index (χ0) is 15.8. The fraction of sp³-hybridized carbons (Fsp3) is 0.150. The summed E-state index contributed by atoms with van der Waals surface area (Å²) >= 11 is 0. The van der Waals surface area contributed by atoms with E-state index in [4.69, 9.17) is 0 Å². The zero-order valence-corrected chi connectivity index (χ0v) is 12.5. The van der Waals surface area contributed by atoms with Crippen molar-refractivity contribution in [2.45, 2.75) is 18.8 Å². The van der Waals surface area contributed by atoms with Crippen LogP contribution in [0.2, 0.25) is 0 Å². The average Bonchev–Trinajstić information content (AvgIpc) is 2.72. The molecule has 0 radical (unpaired) electrons. The van der Waals surface area contributed by atoms with Crippen LogP contribution in [0.5, 0.6) is 0 Å². The van der Waals surface area contributed by atoms with Gasteiger partial charge in [-0.1, -0.05) is 18.2 Å². The molecule has 2 aromatic carbocycles. The summed E-state index contributed by atoms with van der Waals surface area (Å²) in [7, 11) is 0. The van der Waals surface area contributed by atoms with Gasteiger partial charge in [0.1, 0.15) is 11.6 Å². The van der Waals surface area contributed by atoms with Gasteiger partial charge in [-0.3, -0.25) is 4.98 Å². The number of halogens is 2. The molecule has 4 rings (SSSR count). The highest BCUT2D eigenvalue weighted by Gasteiger charge is 2.25. The normalized spacial score (nSPS) is 14.0. The molecule has 114 valence electrons. The summed E-state index contributed by atoms with van der Waals surface area (Å²) in [5.74, 6) is -0.506. The van der Waals surface area contributed by atoms with Crippen LogP contribution in [0.3, 0.4) is 0 Å². The van der Waals surface area contributed by atoms with Crippen LogP contribution in [0.1, 0.15) is 33.7 Å². The van der Waals surface area contributed by atoms with E-state index in [0.717, 1.165) is 27.8 Å². The predicted octanol–water partition coefficient (Wildman–Crippen LogP) is 4.64. The van der Waals surface area contributed by atoms with Crippen molar-refractivity contribution in [3.63, 3.8) is 0 Å². The molecule has 0 bridgehead atoms. The number of nitrogens with zero attached hydrogens (tertiary/aromatic N) is 1. The lowest BCUT2D eigenvalue weighted by molar-refractivity contribution is 0.623. The number of aryl methyl sites for hydroxylation is 2. The molecule has 1 heterocycles. The second-order valence-corrected chi connectivity index (χ2v) is 5.91. The lowest BCUT2D eigenvalue weighted by Gasteiger charge is -2.20. The second-order valence-electron chi connectivity index (χ2n) is 5.91. The van der Waals surface area contributed by atoms with Gasteiger partial charge in [-0.15, -0.1) is 0 Å². The fourth-order valence-corrected chi connectivity index (χ4v) is 3.49. The maximum absolute atomic E-state index is 13.7. The van der Waals surface area contributed by atoms with E-state index < -0.39 is 0 Å². The monoisotopic (exact) mass is 307 g/mol. The molecule has 0 spiro atoms. The third-order valence-corrected chi connectivity index (χ3v) is 4.51. The Kier molecular flexibility index (Phi) is 3.41. The third-order valence-electron chi connectivity index (χ3n) is 4.51. The number of fused-ring (bicyclic) bond motifs is 2. The first-order chi connectivity index (χ1) is 11.2. The topological polar surface area (TPSA) is 12.9 Å². The van der Waals surface area contributed by atoms with Crippen molar-refractivity contribution in [3.8, 4) is 0 Å². The molecule has 0 unspecified atom stereocenters. The molecule has 0 amide bonds. The van der Waals surface area contributed by atoms with Gasteiger partial charge in [-0.05, 0) is 71.0 Å². The molecule has 0 aliphatic heterocycles. The van der Waals surface area contributed by atoms with Crippen LogP contribution >= 0.6 is 0 Å². The van der Waals surface area contributed by atoms with Gasteiger partial charge in [0.15, 0.2) is 0 Å². The molecule has 0 atom stereocenters. The zero-order valence-electron chi connectivity index (χ0n) is 12.5. The molecule has 1 aromatic heterocycles. The van der Waals surface area contributed by atoms with Gasteiger partial charge in [0.25, 0.3) is 0 Å². The van der Waals surface area contributed by atoms with Gasteiger partial charge in [0.05, 0.1) is 0 Å². The maximum Gasteiger partial charge on any atom is 0.123 e. The summed E-state index contributed by atoms with van der Waals surface area (Å²) in [6.07, 6.45) is 4.98. The van der Waals surface area contributed by atoms with Crippen LogP contribution in [0.15, 0.2) is 60.9 Å². The van der Waals surface area contributed by atoms with Crippen molar-refractivity contribution in [2.24, 2.45) is 0 Å². The van der Waals surface area contributed by atoms with E-state index in [9.17, 15) is 8.78 Å². The summed E-state index contributed by atoms with van der Waals surface area (Å²) in [6, 6.07) is 13.8. The van der Waals surface area contributed by atoms with Crippen molar-refractivity contribution >= 4 is 0 Å². The Morgan fingerprint density at radius 3 is 1.96 bits per heavy atom. The summed E-state index contributed by atoms with van der Waals surface area (Å²) in [6.45, 7) is 0. The SMILES string of the molecule is Fc1ccc2c(c1)CCc1cc(F)ccc1C2c1cccnc1. The van der Waals surface area contributed by atoms with E-state index in [1.54, 1.807) is 18.3 Å². The molecule has 3 aromatic rings. The number of benzene rings is 2. The Balaban J connectivity index is 1.98. The molecule has 0 N–H and O–H groups in total. The largest absolute Gasteiger partial charge is 0.264 e. The van der Waals surface area contributed by atoms with Crippen molar-refractivity contribution in [1.29, 1.82) is 0 Å². The van der Waals surface area contributed by atoms with Crippen molar-refractivity contribution in [3.05, 3.63) is 100 Å². The number of hydrogen-bond donors (Lipinski definition) is 0. The first-order valence-corrected chi connectivity index (χ1v) is 7.69. The Morgan fingerprint density at radius 2 is 1.43 bits per heavy atom. The second kappa shape index (κ2) is 5.58. The molecule has 1 aliphatic rings. The highest BCUT2D eigenvalue weighted by atomic mass is 19.1. The van der Waals surface area contributed by atoms with E-state index >= 15 is 0 Å². The quantitative estimate of drug-likeness (QED) is 0.638. The summed E-state index contributed by atoms with van der Waals surface area (Å²) in [5.41, 5.74) is 5.15. The fourth-order valence-electron chi connectivity index (χ4n) is 3.49. The average molecular weight is 307 g/mol. The van der Waals surface area contributed by atoms with Crippen LogP contribution < -0.4 is 0 Å². The van der Waals surface area contributed by atoms with E-state index in [1.165, 1.54) is 12.1 Å². The molecule has 0 saturated carbocycles. The van der Waals surface area contributed by atoms with Gasteiger partial charge in [-0.2, -0.15) is 0 Å². The smallest absolute Gasteiger partial charge is 0.123 e. The van der Waals surface area contributed by atoms with Gasteiger partial charge >= 0.3 is 0 Å². The van der Waals surface area contributed by atoms with Crippen LogP contribution in [0.4, 0.5) is 8.78 Å². The Bertz CT molecular complexity index is 805. The number of hydrogen-bond acceptors (Lipinski definition) is 1. The summed E-state index contributed by atoms with van der Waals surface area (Å²) in [5, 5.41) is 0. The van der Waals surface area contributed by atoms with Gasteiger partial charge < -0.3 is 0 Å². The molecule has 0 saturated heterocycles. The lowest BCUT2D eigenvalue weighted by atomic mass is 9.83. The minimum absolute atomic E-state index is 0.0441. The van der Waals surface area contributed by atoms with Crippen molar-refractivity contribution in [1.82, 2.24) is 4.98 Å². The standard InChI is InChI=1S/C20H15F2N/c21-16-5-7-18-13(10-16)3-4-14-11-17(22)6-8-19(14)20(18)15-2-1-9-23-12-15/h1-2,5-12,20H,3-4H2. The summed E-state index contributed by atoms with van der Waals surface area (Å²) in [4.78, 5) is 4.22. The van der Waals surface area contributed by atoms with E-state index in [2.05, 4.69) is 4.98 Å². The number of aromatic nitrogens is 1. The highest BCUT2D eigenvalue weighted by Crippen LogP contribution is 2.39. The highest BCUT2D eigenvalue weighted by molar-refractivity contribution is 5.51. The molecule has 0 fully saturated rings. The molecule has 3 heteroatoms. The van der Waals surface area contributed by atoms with Gasteiger partial charge in [0.2, 0.25) is 0 Å². The Morgan fingerprint density at radius 1 is 0.826 bits per heavy atom. The van der Waals surface area contributed by atoms with Crippen molar-refractivity contribution in [2.75, 3.05) is 0 Å². The predicted molar refractivity (Wildman–Crippen MR) is 85.4 cm³/mol. The Hall–Kier alpha value is -2.55. The minimum Gasteiger partial charge on any atom is -0.264 e. The maximum atomic E-state index is 13.7. The molecule has 23 heavy (non-hydrogen) atoms. The van der Waals surface area contributed by atoms with E-state index in [0.29, 0.717) is 12.8 Å². The molecular weight excluding hydrogens is 292 g/mol. The molecular formula is C20H15F2N. The van der Waals surface area contributed by atoms with Crippen molar-refractivity contribution < 1.29 is 8.78 Å². The number of rotatable bonds is 1. The van der Waals surface area contributed by atoms with E-state index in [-0.39, 0.29) is 17.6 Å². The lowest BCUT2D eigenvalue weighted by Crippen LogP contribution is -2.06. The first kappa shape index (κ1) is 14.1. The van der Waals surface area contributed by atoms with Crippen LogP contribution in [0.25, 0.3) is 0 Å². The summed E-state index contributed by atoms with van der Waals surface area (Å²) < 4.78 is 27.4. The van der Waals surface area contributed by atoms with Gasteiger partial charge in [-0.25, -0.2) is 8.78 Å². The van der Waals surface area contributed by atoms with Crippen LogP contribution in [-0.2, 0) is 12.8 Å². The van der Waals surface area contributed by atoms with E-state index in [1.807, 2.05) is 30.5 Å². The van der Waals surface area contributed by atoms with Crippen LogP contribution in [0, 0.1) is 11.6 Å². The third kappa shape index (κ3) is 2.52. The molecule has 1 nitrogen and oxygen atoms in total. The minimum atomic E-state index is -0.231. The molecule has 1 aliphatic carbocycles. The number of pyridine rings is 1. The van der Waals surface area contributed by atoms with Crippen LogP contribution in [-0.4, -0.2) is 4.98 Å². The van der Waals surface area contributed by atoms with Gasteiger partial charge in [0, 0.05) is 18.3 Å². The first-order valence-electron chi connectivity index (χ1n) is 7.69.